The molecule has 1 rings (SSSR count). The van der Waals surface area contributed by atoms with E-state index in [1.54, 1.807) is 0 Å². The Morgan fingerprint density at radius 2 is 1.30 bits per heavy atom. The van der Waals surface area contributed by atoms with Crippen molar-refractivity contribution in [2.24, 2.45) is 0 Å². The van der Waals surface area contributed by atoms with Crippen LogP contribution in [0.3, 0.4) is 0 Å². The van der Waals surface area contributed by atoms with Gasteiger partial charge < -0.3 is 0 Å². The highest BCUT2D eigenvalue weighted by atomic mass is 32.2. The van der Waals surface area contributed by atoms with Crippen molar-refractivity contribution in [2.45, 2.75) is 65.0 Å². The van der Waals surface area contributed by atoms with Gasteiger partial charge in [0.05, 0.1) is 0 Å². The lowest BCUT2D eigenvalue weighted by molar-refractivity contribution is 0.481. The van der Waals surface area contributed by atoms with Gasteiger partial charge in [0.1, 0.15) is 5.75 Å². The molecule has 3 nitrogen and oxygen atoms in total. The van der Waals surface area contributed by atoms with Crippen LogP contribution in [0.4, 0.5) is 0 Å². The molecule has 0 aliphatic carbocycles. The molecule has 114 valence electrons. The normalized spacial score (nSPS) is 12.7. The Balaban J connectivity index is 3.59. The topological polar surface area (TPSA) is 54.4 Å². The molecular formula is C16H26O3S. The highest BCUT2D eigenvalue weighted by Gasteiger charge is 2.20. The van der Waals surface area contributed by atoms with Gasteiger partial charge >= 0.3 is 0 Å². The minimum Gasteiger partial charge on any atom is -0.285 e. The van der Waals surface area contributed by atoms with Crippen LogP contribution in [0.2, 0.25) is 0 Å². The summed E-state index contributed by atoms with van der Waals surface area (Å²) in [5.74, 6) is 0.544. The van der Waals surface area contributed by atoms with E-state index in [2.05, 4.69) is 53.7 Å². The van der Waals surface area contributed by atoms with E-state index < -0.39 is 10.1 Å². The lowest BCUT2D eigenvalue weighted by atomic mass is 9.85. The Morgan fingerprint density at radius 1 is 0.900 bits per heavy atom. The van der Waals surface area contributed by atoms with Crippen LogP contribution in [0.15, 0.2) is 12.1 Å². The number of rotatable bonds is 5. The monoisotopic (exact) mass is 298 g/mol. The summed E-state index contributed by atoms with van der Waals surface area (Å²) in [6.45, 7) is 12.5. The summed E-state index contributed by atoms with van der Waals surface area (Å²) in [6.07, 6.45) is 0. The van der Waals surface area contributed by atoms with Crippen molar-refractivity contribution in [3.05, 3.63) is 34.4 Å². The molecule has 0 amide bonds. The fourth-order valence-electron chi connectivity index (χ4n) is 2.45. The summed E-state index contributed by atoms with van der Waals surface area (Å²) < 4.78 is 31.9. The maximum absolute atomic E-state index is 11.3. The standard InChI is InChI=1S/C16H26O3S/c1-10(2)13-7-14(11(3)4)16(9-20(17,18)19)15(8-13)12(5)6/h7-8,10-12H,9H2,1-6H3,(H,17,18,19). The van der Waals surface area contributed by atoms with E-state index in [1.807, 2.05) is 0 Å². The summed E-state index contributed by atoms with van der Waals surface area (Å²) >= 11 is 0. The average molecular weight is 298 g/mol. The van der Waals surface area contributed by atoms with E-state index in [0.29, 0.717) is 5.92 Å². The second-order valence-corrected chi connectivity index (χ2v) is 7.82. The molecule has 0 spiro atoms. The summed E-state index contributed by atoms with van der Waals surface area (Å²) in [6, 6.07) is 4.17. The number of hydrogen-bond donors (Lipinski definition) is 1. The van der Waals surface area contributed by atoms with Gasteiger partial charge in [0.25, 0.3) is 10.1 Å². The van der Waals surface area contributed by atoms with Crippen LogP contribution < -0.4 is 0 Å². The molecule has 4 heteroatoms. The van der Waals surface area contributed by atoms with Crippen molar-refractivity contribution >= 4 is 10.1 Å². The van der Waals surface area contributed by atoms with E-state index in [1.165, 1.54) is 5.56 Å². The van der Waals surface area contributed by atoms with Crippen LogP contribution in [0, 0.1) is 0 Å². The largest absolute Gasteiger partial charge is 0.285 e. The fraction of sp³-hybridized carbons (Fsp3) is 0.625. The third-order valence-corrected chi connectivity index (χ3v) is 4.23. The second kappa shape index (κ2) is 6.27. The van der Waals surface area contributed by atoms with Crippen molar-refractivity contribution in [3.63, 3.8) is 0 Å². The molecule has 0 unspecified atom stereocenters. The molecule has 1 N–H and O–H groups in total. The molecule has 0 aromatic heterocycles. The van der Waals surface area contributed by atoms with E-state index in [-0.39, 0.29) is 17.6 Å². The highest BCUT2D eigenvalue weighted by Crippen LogP contribution is 2.33. The smallest absolute Gasteiger partial charge is 0.269 e. The molecule has 20 heavy (non-hydrogen) atoms. The van der Waals surface area contributed by atoms with E-state index in [9.17, 15) is 13.0 Å². The van der Waals surface area contributed by atoms with Crippen LogP contribution >= 0.6 is 0 Å². The first-order valence-corrected chi connectivity index (χ1v) is 8.75. The van der Waals surface area contributed by atoms with Gasteiger partial charge in [-0.15, -0.1) is 0 Å². The van der Waals surface area contributed by atoms with Crippen molar-refractivity contribution in [1.82, 2.24) is 0 Å². The van der Waals surface area contributed by atoms with Gasteiger partial charge in [-0.3, -0.25) is 4.55 Å². The van der Waals surface area contributed by atoms with Crippen LogP contribution in [0.1, 0.15) is 81.5 Å². The van der Waals surface area contributed by atoms with E-state index >= 15 is 0 Å². The number of hydrogen-bond acceptors (Lipinski definition) is 2. The first kappa shape index (κ1) is 17.2. The predicted octanol–water partition coefficient (Wildman–Crippen LogP) is 4.44. The maximum atomic E-state index is 11.3. The Hall–Kier alpha value is -0.870. The van der Waals surface area contributed by atoms with Crippen molar-refractivity contribution in [1.29, 1.82) is 0 Å². The predicted molar refractivity (Wildman–Crippen MR) is 84.0 cm³/mol. The SMILES string of the molecule is CC(C)c1cc(C(C)C)c(CS(=O)(=O)O)c(C(C)C)c1. The Morgan fingerprint density at radius 3 is 1.55 bits per heavy atom. The summed E-state index contributed by atoms with van der Waals surface area (Å²) in [4.78, 5) is 0. The quantitative estimate of drug-likeness (QED) is 0.817. The molecular weight excluding hydrogens is 272 g/mol. The Bertz CT molecular complexity index is 540. The molecule has 0 saturated carbocycles. The molecule has 1 aromatic rings. The van der Waals surface area contributed by atoms with Gasteiger partial charge in [-0.1, -0.05) is 53.7 Å². The summed E-state index contributed by atoms with van der Waals surface area (Å²) in [5, 5.41) is 0. The second-order valence-electron chi connectivity index (χ2n) is 6.37. The summed E-state index contributed by atoms with van der Waals surface area (Å²) in [7, 11) is -4.02. The van der Waals surface area contributed by atoms with Gasteiger partial charge in [0, 0.05) is 0 Å². The minimum atomic E-state index is -4.02. The van der Waals surface area contributed by atoms with Crippen molar-refractivity contribution in [3.8, 4) is 0 Å². The van der Waals surface area contributed by atoms with Crippen molar-refractivity contribution < 1.29 is 13.0 Å². The average Bonchev–Trinajstić information content (AvgIpc) is 2.25. The molecule has 0 saturated heterocycles. The molecule has 0 heterocycles. The molecule has 0 fully saturated rings. The van der Waals surface area contributed by atoms with E-state index in [0.717, 1.165) is 16.7 Å². The summed E-state index contributed by atoms with van der Waals surface area (Å²) in [5.41, 5.74) is 4.04. The molecule has 0 aliphatic heterocycles. The first-order valence-electron chi connectivity index (χ1n) is 7.14. The lowest BCUT2D eigenvalue weighted by Gasteiger charge is -2.22. The molecule has 0 atom stereocenters. The fourth-order valence-corrected chi connectivity index (χ4v) is 3.15. The van der Waals surface area contributed by atoms with Crippen LogP contribution in [0.25, 0.3) is 0 Å². The van der Waals surface area contributed by atoms with Gasteiger partial charge in [0.15, 0.2) is 0 Å². The Kier molecular flexibility index (Phi) is 5.39. The van der Waals surface area contributed by atoms with Gasteiger partial charge in [0.2, 0.25) is 0 Å². The highest BCUT2D eigenvalue weighted by molar-refractivity contribution is 7.85. The third kappa shape index (κ3) is 4.32. The van der Waals surface area contributed by atoms with Crippen LogP contribution in [-0.4, -0.2) is 13.0 Å². The van der Waals surface area contributed by atoms with Crippen molar-refractivity contribution in [2.75, 3.05) is 0 Å². The Labute approximate surface area is 123 Å². The van der Waals surface area contributed by atoms with Gasteiger partial charge in [-0.05, 0) is 40.0 Å². The van der Waals surface area contributed by atoms with Crippen LogP contribution in [0.5, 0.6) is 0 Å². The van der Waals surface area contributed by atoms with Gasteiger partial charge in [-0.2, -0.15) is 8.42 Å². The van der Waals surface area contributed by atoms with E-state index in [4.69, 9.17) is 0 Å². The lowest BCUT2D eigenvalue weighted by Crippen LogP contribution is -2.11. The molecule has 0 bridgehead atoms. The zero-order valence-corrected chi connectivity index (χ0v) is 14.1. The zero-order chi connectivity index (χ0) is 15.7. The molecule has 0 aliphatic rings. The zero-order valence-electron chi connectivity index (χ0n) is 13.3. The number of benzene rings is 1. The first-order chi connectivity index (χ1) is 9.03. The van der Waals surface area contributed by atoms with Gasteiger partial charge in [-0.25, -0.2) is 0 Å². The maximum Gasteiger partial charge on any atom is 0.269 e. The molecule has 1 aromatic carbocycles. The van der Waals surface area contributed by atoms with Crippen LogP contribution in [-0.2, 0) is 15.9 Å². The minimum absolute atomic E-state index is 0.225. The third-order valence-electron chi connectivity index (χ3n) is 3.58. The molecule has 0 radical (unpaired) electrons.